The van der Waals surface area contributed by atoms with E-state index in [4.69, 9.17) is 4.74 Å². The van der Waals surface area contributed by atoms with E-state index in [9.17, 15) is 9.59 Å². The molecule has 0 radical (unpaired) electrons. The summed E-state index contributed by atoms with van der Waals surface area (Å²) in [5.74, 6) is -0.570. The van der Waals surface area contributed by atoms with Gasteiger partial charge < -0.3 is 10.1 Å². The Balaban J connectivity index is 2.23. The summed E-state index contributed by atoms with van der Waals surface area (Å²) in [6, 6.07) is 16.2. The second-order valence-corrected chi connectivity index (χ2v) is 5.03. The van der Waals surface area contributed by atoms with Crippen molar-refractivity contribution in [3.63, 3.8) is 0 Å². The maximum atomic E-state index is 12.3. The molecular weight excluding hydrogens is 278 g/mol. The molecule has 2 aromatic rings. The number of esters is 1. The van der Waals surface area contributed by atoms with Gasteiger partial charge in [-0.05, 0) is 30.2 Å². The predicted molar refractivity (Wildman–Crippen MR) is 84.5 cm³/mol. The standard InChI is InChI=1S/C18H19NO3/c1-13-8-6-7-11-15(13)16(12-17(20)22-2)19-18(21)14-9-4-3-5-10-14/h3-11,16H,12H2,1-2H3,(H,19,21). The molecule has 4 nitrogen and oxygen atoms in total. The fraction of sp³-hybridized carbons (Fsp3) is 0.222. The molecule has 0 aliphatic heterocycles. The fourth-order valence-corrected chi connectivity index (χ4v) is 2.30. The van der Waals surface area contributed by atoms with E-state index < -0.39 is 6.04 Å². The van der Waals surface area contributed by atoms with Crippen LogP contribution in [0.5, 0.6) is 0 Å². The Bertz CT molecular complexity index is 652. The molecule has 0 spiro atoms. The fourth-order valence-electron chi connectivity index (χ4n) is 2.30. The van der Waals surface area contributed by atoms with Crippen molar-refractivity contribution in [1.29, 1.82) is 0 Å². The van der Waals surface area contributed by atoms with Crippen molar-refractivity contribution in [2.45, 2.75) is 19.4 Å². The number of rotatable bonds is 5. The van der Waals surface area contributed by atoms with Crippen LogP contribution in [0.15, 0.2) is 54.6 Å². The monoisotopic (exact) mass is 297 g/mol. The minimum absolute atomic E-state index is 0.0971. The molecule has 0 saturated carbocycles. The zero-order valence-electron chi connectivity index (χ0n) is 12.7. The number of amides is 1. The van der Waals surface area contributed by atoms with E-state index >= 15 is 0 Å². The highest BCUT2D eigenvalue weighted by molar-refractivity contribution is 5.94. The molecule has 0 aliphatic carbocycles. The van der Waals surface area contributed by atoms with E-state index in [1.165, 1.54) is 7.11 Å². The molecule has 0 aromatic heterocycles. The van der Waals surface area contributed by atoms with Crippen LogP contribution in [0.4, 0.5) is 0 Å². The molecule has 0 saturated heterocycles. The summed E-state index contributed by atoms with van der Waals surface area (Å²) in [5, 5.41) is 2.92. The average molecular weight is 297 g/mol. The van der Waals surface area contributed by atoms with Gasteiger partial charge in [0.25, 0.3) is 5.91 Å². The van der Waals surface area contributed by atoms with Gasteiger partial charge in [-0.3, -0.25) is 9.59 Å². The first-order valence-electron chi connectivity index (χ1n) is 7.10. The average Bonchev–Trinajstić information content (AvgIpc) is 2.55. The van der Waals surface area contributed by atoms with E-state index in [0.29, 0.717) is 5.56 Å². The number of hydrogen-bond donors (Lipinski definition) is 1. The van der Waals surface area contributed by atoms with Crippen molar-refractivity contribution >= 4 is 11.9 Å². The predicted octanol–water partition coefficient (Wildman–Crippen LogP) is 3.03. The first-order chi connectivity index (χ1) is 10.6. The van der Waals surface area contributed by atoms with Crippen molar-refractivity contribution in [3.05, 3.63) is 71.3 Å². The van der Waals surface area contributed by atoms with Crippen LogP contribution in [0.25, 0.3) is 0 Å². The highest BCUT2D eigenvalue weighted by Gasteiger charge is 2.20. The number of carbonyl (C=O) groups is 2. The molecule has 2 aromatic carbocycles. The van der Waals surface area contributed by atoms with Gasteiger partial charge in [-0.15, -0.1) is 0 Å². The largest absolute Gasteiger partial charge is 0.469 e. The lowest BCUT2D eigenvalue weighted by Gasteiger charge is -2.20. The Morgan fingerprint density at radius 1 is 1.05 bits per heavy atom. The molecule has 2 rings (SSSR count). The third-order valence-corrected chi connectivity index (χ3v) is 3.50. The van der Waals surface area contributed by atoms with E-state index in [0.717, 1.165) is 11.1 Å². The maximum Gasteiger partial charge on any atom is 0.307 e. The number of benzene rings is 2. The lowest BCUT2D eigenvalue weighted by atomic mass is 9.98. The van der Waals surface area contributed by atoms with Gasteiger partial charge in [0.05, 0.1) is 19.6 Å². The summed E-state index contributed by atoms with van der Waals surface area (Å²) in [6.45, 7) is 1.95. The summed E-state index contributed by atoms with van der Waals surface area (Å²) in [5.41, 5.74) is 2.49. The summed E-state index contributed by atoms with van der Waals surface area (Å²) in [7, 11) is 1.34. The number of ether oxygens (including phenoxy) is 1. The van der Waals surface area contributed by atoms with Gasteiger partial charge in [-0.2, -0.15) is 0 Å². The summed E-state index contributed by atoms with van der Waals surface area (Å²) in [4.78, 5) is 24.0. The smallest absolute Gasteiger partial charge is 0.307 e. The second kappa shape index (κ2) is 7.41. The van der Waals surface area contributed by atoms with Crippen molar-refractivity contribution in [3.8, 4) is 0 Å². The minimum Gasteiger partial charge on any atom is -0.469 e. The molecule has 0 heterocycles. The Hall–Kier alpha value is -2.62. The van der Waals surface area contributed by atoms with Gasteiger partial charge in [0.1, 0.15) is 0 Å². The van der Waals surface area contributed by atoms with Gasteiger partial charge in [0.15, 0.2) is 0 Å². The summed E-state index contributed by atoms with van der Waals surface area (Å²) < 4.78 is 4.74. The summed E-state index contributed by atoms with van der Waals surface area (Å²) in [6.07, 6.45) is 0.0971. The number of hydrogen-bond acceptors (Lipinski definition) is 3. The highest BCUT2D eigenvalue weighted by atomic mass is 16.5. The first kappa shape index (κ1) is 15.8. The topological polar surface area (TPSA) is 55.4 Å². The van der Waals surface area contributed by atoms with Crippen LogP contribution in [0, 0.1) is 6.92 Å². The number of aryl methyl sites for hydroxylation is 1. The van der Waals surface area contributed by atoms with E-state index in [1.54, 1.807) is 24.3 Å². The van der Waals surface area contributed by atoms with Crippen LogP contribution in [0.1, 0.15) is 33.9 Å². The normalized spacial score (nSPS) is 11.5. The van der Waals surface area contributed by atoms with Gasteiger partial charge in [0, 0.05) is 5.56 Å². The summed E-state index contributed by atoms with van der Waals surface area (Å²) >= 11 is 0. The number of carbonyl (C=O) groups excluding carboxylic acids is 2. The molecule has 4 heteroatoms. The van der Waals surface area contributed by atoms with Gasteiger partial charge in [-0.25, -0.2) is 0 Å². The van der Waals surface area contributed by atoms with Crippen molar-refractivity contribution in [2.75, 3.05) is 7.11 Å². The Morgan fingerprint density at radius 3 is 2.32 bits per heavy atom. The molecule has 22 heavy (non-hydrogen) atoms. The zero-order chi connectivity index (χ0) is 15.9. The van der Waals surface area contributed by atoms with Crippen molar-refractivity contribution < 1.29 is 14.3 Å². The van der Waals surface area contributed by atoms with Crippen LogP contribution >= 0.6 is 0 Å². The Kier molecular flexibility index (Phi) is 5.31. The van der Waals surface area contributed by atoms with Crippen LogP contribution in [0.3, 0.4) is 0 Å². The van der Waals surface area contributed by atoms with E-state index in [2.05, 4.69) is 5.32 Å². The zero-order valence-corrected chi connectivity index (χ0v) is 12.7. The number of nitrogens with one attached hydrogen (secondary N) is 1. The van der Waals surface area contributed by atoms with Gasteiger partial charge >= 0.3 is 5.97 Å². The molecule has 114 valence electrons. The Labute approximate surface area is 130 Å². The molecule has 0 bridgehead atoms. The second-order valence-electron chi connectivity index (χ2n) is 5.03. The van der Waals surface area contributed by atoms with Crippen molar-refractivity contribution in [2.24, 2.45) is 0 Å². The molecule has 1 unspecified atom stereocenters. The molecule has 1 amide bonds. The minimum atomic E-state index is -0.415. The molecule has 0 aliphatic rings. The lowest BCUT2D eigenvalue weighted by molar-refractivity contribution is -0.141. The SMILES string of the molecule is COC(=O)CC(NC(=O)c1ccccc1)c1ccccc1C. The third kappa shape index (κ3) is 3.95. The third-order valence-electron chi connectivity index (χ3n) is 3.50. The van der Waals surface area contributed by atoms with Crippen molar-refractivity contribution in [1.82, 2.24) is 5.32 Å². The molecule has 1 N–H and O–H groups in total. The molecule has 0 fully saturated rings. The Morgan fingerprint density at radius 2 is 1.68 bits per heavy atom. The maximum absolute atomic E-state index is 12.3. The lowest BCUT2D eigenvalue weighted by Crippen LogP contribution is -2.30. The van der Waals surface area contributed by atoms with E-state index in [1.807, 2.05) is 37.3 Å². The van der Waals surface area contributed by atoms with Crippen LogP contribution in [0.2, 0.25) is 0 Å². The van der Waals surface area contributed by atoms with E-state index in [-0.39, 0.29) is 18.3 Å². The molecular formula is C18H19NO3. The van der Waals surface area contributed by atoms with Crippen LogP contribution < -0.4 is 5.32 Å². The number of methoxy groups -OCH3 is 1. The first-order valence-corrected chi connectivity index (χ1v) is 7.10. The van der Waals surface area contributed by atoms with Crippen LogP contribution in [-0.4, -0.2) is 19.0 Å². The van der Waals surface area contributed by atoms with Gasteiger partial charge in [-0.1, -0.05) is 42.5 Å². The quantitative estimate of drug-likeness (QED) is 0.863. The highest BCUT2D eigenvalue weighted by Crippen LogP contribution is 2.21. The van der Waals surface area contributed by atoms with Crippen LogP contribution in [-0.2, 0) is 9.53 Å². The molecule has 1 atom stereocenters. The van der Waals surface area contributed by atoms with Gasteiger partial charge in [0.2, 0.25) is 0 Å².